The molecule has 156 valence electrons. The van der Waals surface area contributed by atoms with Crippen LogP contribution in [0.5, 0.6) is 0 Å². The summed E-state index contributed by atoms with van der Waals surface area (Å²) in [7, 11) is 0. The molecule has 5 heteroatoms. The van der Waals surface area contributed by atoms with E-state index in [1.165, 1.54) is 17.5 Å². The first kappa shape index (κ1) is 19.6. The lowest BCUT2D eigenvalue weighted by Gasteiger charge is -2.29. The molecule has 0 bridgehead atoms. The number of amides is 1. The summed E-state index contributed by atoms with van der Waals surface area (Å²) in [6.07, 6.45) is 7.64. The van der Waals surface area contributed by atoms with Crippen molar-refractivity contribution < 1.29 is 4.79 Å². The Morgan fingerprint density at radius 1 is 1.19 bits per heavy atom. The van der Waals surface area contributed by atoms with Crippen LogP contribution in [0.3, 0.4) is 0 Å². The van der Waals surface area contributed by atoms with Crippen molar-refractivity contribution in [2.24, 2.45) is 11.8 Å². The van der Waals surface area contributed by atoms with Crippen molar-refractivity contribution in [3.63, 3.8) is 0 Å². The lowest BCUT2D eigenvalue weighted by molar-refractivity contribution is -0.116. The molecule has 1 aliphatic carbocycles. The molecular formula is C26H26N4O. The first-order chi connectivity index (χ1) is 15.2. The highest BCUT2D eigenvalue weighted by Crippen LogP contribution is 2.39. The highest BCUT2D eigenvalue weighted by molar-refractivity contribution is 5.92. The van der Waals surface area contributed by atoms with E-state index in [4.69, 9.17) is 5.26 Å². The van der Waals surface area contributed by atoms with E-state index in [1.54, 1.807) is 6.08 Å². The van der Waals surface area contributed by atoms with E-state index in [1.807, 2.05) is 42.6 Å². The molecule has 1 amide bonds. The molecule has 3 aromatic rings. The van der Waals surface area contributed by atoms with Gasteiger partial charge in [-0.05, 0) is 83.2 Å². The van der Waals surface area contributed by atoms with Crippen LogP contribution in [0.15, 0.2) is 54.7 Å². The number of H-pyrrole nitrogens is 1. The maximum atomic E-state index is 12.2. The largest absolute Gasteiger partial charge is 0.361 e. The molecule has 1 fully saturated rings. The van der Waals surface area contributed by atoms with Crippen molar-refractivity contribution in [3.05, 3.63) is 77.0 Å². The Morgan fingerprint density at radius 2 is 2.13 bits per heavy atom. The fraction of sp³-hybridized carbons (Fsp3) is 0.308. The monoisotopic (exact) mass is 410 g/mol. The molecule has 2 aromatic carbocycles. The van der Waals surface area contributed by atoms with Crippen LogP contribution in [-0.4, -0.2) is 35.4 Å². The Morgan fingerprint density at radius 3 is 3.03 bits per heavy atom. The Bertz CT molecular complexity index is 1190. The summed E-state index contributed by atoms with van der Waals surface area (Å²) in [4.78, 5) is 17.9. The average molecular weight is 411 g/mol. The van der Waals surface area contributed by atoms with Gasteiger partial charge in [0, 0.05) is 44.0 Å². The quantitative estimate of drug-likeness (QED) is 0.606. The van der Waals surface area contributed by atoms with E-state index < -0.39 is 0 Å². The average Bonchev–Trinajstić information content (AvgIpc) is 3.36. The molecule has 31 heavy (non-hydrogen) atoms. The van der Waals surface area contributed by atoms with Crippen LogP contribution in [0.4, 0.5) is 0 Å². The summed E-state index contributed by atoms with van der Waals surface area (Å²) in [5.41, 5.74) is 5.53. The van der Waals surface area contributed by atoms with E-state index in [9.17, 15) is 4.79 Å². The highest BCUT2D eigenvalue weighted by atomic mass is 16.1. The predicted molar refractivity (Wildman–Crippen MR) is 122 cm³/mol. The van der Waals surface area contributed by atoms with Gasteiger partial charge in [-0.1, -0.05) is 12.1 Å². The number of carbonyl (C=O) groups excluding carboxylic acids is 1. The normalized spacial score (nSPS) is 20.5. The number of rotatable bonds is 6. The maximum absolute atomic E-state index is 12.2. The molecule has 0 radical (unpaired) electrons. The summed E-state index contributed by atoms with van der Waals surface area (Å²) in [5.74, 6) is 1.19. The highest BCUT2D eigenvalue weighted by Gasteiger charge is 2.38. The third-order valence-electron chi connectivity index (χ3n) is 6.53. The van der Waals surface area contributed by atoms with Crippen molar-refractivity contribution in [3.8, 4) is 6.07 Å². The van der Waals surface area contributed by atoms with Gasteiger partial charge in [-0.3, -0.25) is 9.69 Å². The lowest BCUT2D eigenvalue weighted by atomic mass is 9.97. The van der Waals surface area contributed by atoms with Crippen LogP contribution in [0.1, 0.15) is 28.7 Å². The summed E-state index contributed by atoms with van der Waals surface area (Å²) >= 11 is 0. The zero-order valence-electron chi connectivity index (χ0n) is 17.5. The van der Waals surface area contributed by atoms with Gasteiger partial charge in [0.05, 0.1) is 11.6 Å². The van der Waals surface area contributed by atoms with E-state index in [0.29, 0.717) is 11.8 Å². The van der Waals surface area contributed by atoms with Gasteiger partial charge in [0.15, 0.2) is 0 Å². The van der Waals surface area contributed by atoms with Crippen molar-refractivity contribution in [1.29, 1.82) is 5.26 Å². The first-order valence-corrected chi connectivity index (χ1v) is 11.0. The van der Waals surface area contributed by atoms with E-state index in [0.717, 1.165) is 54.6 Å². The molecule has 0 saturated heterocycles. The zero-order valence-corrected chi connectivity index (χ0v) is 17.5. The predicted octanol–water partition coefficient (Wildman–Crippen LogP) is 3.86. The minimum Gasteiger partial charge on any atom is -0.361 e. The second-order valence-corrected chi connectivity index (χ2v) is 8.74. The Kier molecular flexibility index (Phi) is 5.31. The molecule has 1 aliphatic heterocycles. The van der Waals surface area contributed by atoms with Crippen LogP contribution in [0.25, 0.3) is 17.0 Å². The number of benzene rings is 2. The molecule has 2 N–H and O–H groups in total. The fourth-order valence-electron chi connectivity index (χ4n) is 4.59. The minimum atomic E-state index is -0.0317. The Hall–Kier alpha value is -3.36. The lowest BCUT2D eigenvalue weighted by Crippen LogP contribution is -2.33. The summed E-state index contributed by atoms with van der Waals surface area (Å²) < 4.78 is 0. The van der Waals surface area contributed by atoms with Crippen molar-refractivity contribution >= 4 is 22.9 Å². The Labute approximate surface area is 182 Å². The van der Waals surface area contributed by atoms with Crippen LogP contribution in [0.2, 0.25) is 0 Å². The molecular weight excluding hydrogens is 384 g/mol. The van der Waals surface area contributed by atoms with Crippen molar-refractivity contribution in [2.45, 2.75) is 19.4 Å². The number of carbonyl (C=O) groups is 1. The van der Waals surface area contributed by atoms with Gasteiger partial charge >= 0.3 is 0 Å². The zero-order chi connectivity index (χ0) is 21.2. The molecule has 1 aromatic heterocycles. The molecule has 2 aliphatic rings. The molecule has 0 spiro atoms. The van der Waals surface area contributed by atoms with Gasteiger partial charge in [0.25, 0.3) is 0 Å². The first-order valence-electron chi connectivity index (χ1n) is 11.0. The third kappa shape index (κ3) is 4.55. The fourth-order valence-corrected chi connectivity index (χ4v) is 4.59. The number of nitrogens with zero attached hydrogens (tertiary/aromatic N) is 2. The molecule has 2 atom stereocenters. The number of fused-ring (bicyclic) bond motifs is 2. The van der Waals surface area contributed by atoms with Crippen LogP contribution in [-0.2, 0) is 17.8 Å². The van der Waals surface area contributed by atoms with Gasteiger partial charge in [0.1, 0.15) is 0 Å². The number of aromatic amines is 1. The van der Waals surface area contributed by atoms with Crippen molar-refractivity contribution in [2.75, 3.05) is 19.6 Å². The number of aromatic nitrogens is 1. The van der Waals surface area contributed by atoms with Crippen LogP contribution < -0.4 is 5.32 Å². The molecule has 1 saturated carbocycles. The van der Waals surface area contributed by atoms with Gasteiger partial charge < -0.3 is 10.3 Å². The Balaban J connectivity index is 1.07. The maximum Gasteiger partial charge on any atom is 0.244 e. The number of hydrogen-bond acceptors (Lipinski definition) is 3. The van der Waals surface area contributed by atoms with Crippen LogP contribution in [0, 0.1) is 23.2 Å². The number of hydrogen-bond donors (Lipinski definition) is 2. The van der Waals surface area contributed by atoms with E-state index in [2.05, 4.69) is 33.4 Å². The molecule has 2 unspecified atom stereocenters. The SMILES string of the molecule is N#Cc1ccc2c(c1)CN(CC1CC1CNC(=O)C=Cc1ccc3[nH]ccc3c1)CC2. The standard InChI is InChI=1S/C26H26N4O/c27-14-19-1-4-20-8-10-30(16-23(20)12-19)17-24-13-22(24)15-29-26(31)6-3-18-2-5-25-21(11-18)7-9-28-25/h1-7,9,11-12,22,24,28H,8,10,13,15-17H2,(H,29,31). The van der Waals surface area contributed by atoms with Crippen molar-refractivity contribution in [1.82, 2.24) is 15.2 Å². The second kappa shape index (κ2) is 8.41. The summed E-state index contributed by atoms with van der Waals surface area (Å²) in [6, 6.07) is 16.4. The molecule has 2 heterocycles. The van der Waals surface area contributed by atoms with E-state index in [-0.39, 0.29) is 5.91 Å². The second-order valence-electron chi connectivity index (χ2n) is 8.74. The third-order valence-corrected chi connectivity index (χ3v) is 6.53. The topological polar surface area (TPSA) is 71.9 Å². The number of nitrogens with one attached hydrogen (secondary N) is 2. The van der Waals surface area contributed by atoms with Gasteiger partial charge in [0.2, 0.25) is 5.91 Å². The number of nitriles is 1. The van der Waals surface area contributed by atoms with Gasteiger partial charge in [-0.25, -0.2) is 0 Å². The molecule has 5 nitrogen and oxygen atoms in total. The van der Waals surface area contributed by atoms with E-state index >= 15 is 0 Å². The summed E-state index contributed by atoms with van der Waals surface area (Å²) in [5, 5.41) is 13.3. The minimum absolute atomic E-state index is 0.0317. The van der Waals surface area contributed by atoms with Gasteiger partial charge in [-0.2, -0.15) is 5.26 Å². The van der Waals surface area contributed by atoms with Crippen LogP contribution >= 0.6 is 0 Å². The summed E-state index contributed by atoms with van der Waals surface area (Å²) in [6.45, 7) is 3.81. The molecule has 5 rings (SSSR count). The van der Waals surface area contributed by atoms with Gasteiger partial charge in [-0.15, -0.1) is 0 Å². The smallest absolute Gasteiger partial charge is 0.244 e.